The third kappa shape index (κ3) is 3.24. The Hall–Kier alpha value is -0.510. The summed E-state index contributed by atoms with van der Waals surface area (Å²) >= 11 is 7.64. The van der Waals surface area contributed by atoms with Crippen LogP contribution in [0.25, 0.3) is 0 Å². The molecule has 1 aliphatic rings. The predicted molar refractivity (Wildman–Crippen MR) is 69.3 cm³/mol. The fourth-order valence-corrected chi connectivity index (χ4v) is 2.79. The van der Waals surface area contributed by atoms with Crippen molar-refractivity contribution in [1.29, 1.82) is 0 Å². The van der Waals surface area contributed by atoms with E-state index < -0.39 is 0 Å². The summed E-state index contributed by atoms with van der Waals surface area (Å²) in [6.07, 6.45) is 0.495. The van der Waals surface area contributed by atoms with Crippen LogP contribution in [0.4, 0.5) is 0 Å². The molecular weight excluding hydrogens is 242 g/mol. The first-order chi connectivity index (χ1) is 7.75. The van der Waals surface area contributed by atoms with Crippen molar-refractivity contribution >= 4 is 29.1 Å². The topological polar surface area (TPSA) is 29.1 Å². The average Bonchev–Trinajstić information content (AvgIpc) is 2.33. The lowest BCUT2D eigenvalue weighted by Gasteiger charge is -2.21. The van der Waals surface area contributed by atoms with Crippen LogP contribution >= 0.6 is 23.4 Å². The molecule has 0 aromatic heterocycles. The molecule has 86 valence electrons. The molecule has 2 nitrogen and oxygen atoms in total. The lowest BCUT2D eigenvalue weighted by molar-refractivity contribution is -0.119. The summed E-state index contributed by atoms with van der Waals surface area (Å²) in [5.41, 5.74) is 1.03. The van der Waals surface area contributed by atoms with Crippen LogP contribution in [0.2, 0.25) is 5.02 Å². The number of ketones is 1. The van der Waals surface area contributed by atoms with Gasteiger partial charge in [-0.3, -0.25) is 4.79 Å². The molecule has 1 aliphatic heterocycles. The number of halogens is 1. The van der Waals surface area contributed by atoms with Crippen molar-refractivity contribution in [1.82, 2.24) is 5.32 Å². The summed E-state index contributed by atoms with van der Waals surface area (Å²) in [7, 11) is 0. The second-order valence-corrected chi connectivity index (χ2v) is 5.44. The summed E-state index contributed by atoms with van der Waals surface area (Å²) in [4.78, 5) is 11.9. The van der Waals surface area contributed by atoms with E-state index in [2.05, 4.69) is 5.32 Å². The summed E-state index contributed by atoms with van der Waals surface area (Å²) in [6.45, 7) is 0.932. The largest absolute Gasteiger partial charge is 0.306 e. The molecule has 1 unspecified atom stereocenters. The minimum Gasteiger partial charge on any atom is -0.306 e. The van der Waals surface area contributed by atoms with Crippen LogP contribution in [0.3, 0.4) is 0 Å². The Bertz CT molecular complexity index is 360. The van der Waals surface area contributed by atoms with Crippen LogP contribution in [0.1, 0.15) is 5.56 Å². The molecular formula is C12H14ClNOS. The van der Waals surface area contributed by atoms with E-state index in [0.29, 0.717) is 11.4 Å². The molecule has 2 rings (SSSR count). The summed E-state index contributed by atoms with van der Waals surface area (Å²) in [5, 5.41) is 3.96. The van der Waals surface area contributed by atoms with Gasteiger partial charge in [0.15, 0.2) is 5.78 Å². The molecule has 0 radical (unpaired) electrons. The molecule has 0 saturated carbocycles. The van der Waals surface area contributed by atoms with E-state index in [1.807, 2.05) is 36.0 Å². The SMILES string of the molecule is O=C(Cc1ccc(Cl)cc1)C1CSCCN1. The van der Waals surface area contributed by atoms with Gasteiger partial charge in [0.1, 0.15) is 0 Å². The maximum atomic E-state index is 11.9. The normalized spacial score (nSPS) is 20.7. The van der Waals surface area contributed by atoms with Crippen molar-refractivity contribution in [2.75, 3.05) is 18.1 Å². The first kappa shape index (κ1) is 12.0. The van der Waals surface area contributed by atoms with Crippen molar-refractivity contribution < 1.29 is 4.79 Å². The van der Waals surface area contributed by atoms with Gasteiger partial charge in [0.25, 0.3) is 0 Å². The van der Waals surface area contributed by atoms with Crippen molar-refractivity contribution in [3.8, 4) is 0 Å². The van der Waals surface area contributed by atoms with Crippen LogP contribution in [-0.2, 0) is 11.2 Å². The number of carbonyl (C=O) groups excluding carboxylic acids is 1. The van der Waals surface area contributed by atoms with E-state index in [4.69, 9.17) is 11.6 Å². The fraction of sp³-hybridized carbons (Fsp3) is 0.417. The number of thioether (sulfide) groups is 1. The van der Waals surface area contributed by atoms with Gasteiger partial charge in [-0.2, -0.15) is 11.8 Å². The van der Waals surface area contributed by atoms with Gasteiger partial charge in [-0.1, -0.05) is 23.7 Å². The zero-order valence-electron chi connectivity index (χ0n) is 8.91. The van der Waals surface area contributed by atoms with Crippen LogP contribution in [0.5, 0.6) is 0 Å². The third-order valence-electron chi connectivity index (χ3n) is 2.60. The summed E-state index contributed by atoms with van der Waals surface area (Å²) < 4.78 is 0. The zero-order valence-corrected chi connectivity index (χ0v) is 10.5. The van der Waals surface area contributed by atoms with Crippen LogP contribution < -0.4 is 5.32 Å². The van der Waals surface area contributed by atoms with E-state index >= 15 is 0 Å². The molecule has 1 saturated heterocycles. The van der Waals surface area contributed by atoms with E-state index in [1.165, 1.54) is 0 Å². The number of hydrogen-bond acceptors (Lipinski definition) is 3. The number of benzene rings is 1. The molecule has 0 spiro atoms. The number of nitrogens with one attached hydrogen (secondary N) is 1. The third-order valence-corrected chi connectivity index (χ3v) is 3.92. The monoisotopic (exact) mass is 255 g/mol. The van der Waals surface area contributed by atoms with Gasteiger partial charge >= 0.3 is 0 Å². The molecule has 16 heavy (non-hydrogen) atoms. The predicted octanol–water partition coefficient (Wildman–Crippen LogP) is 2.16. The molecule has 0 bridgehead atoms. The Kier molecular flexibility index (Phi) is 4.27. The number of rotatable bonds is 3. The minimum absolute atomic E-state index is 0.0226. The van der Waals surface area contributed by atoms with Gasteiger partial charge in [-0.05, 0) is 17.7 Å². The summed E-state index contributed by atoms with van der Waals surface area (Å²) in [6, 6.07) is 7.50. The number of Topliss-reactive ketones (excluding diaryl/α,β-unsaturated/α-hetero) is 1. The van der Waals surface area contributed by atoms with E-state index in [0.717, 1.165) is 23.6 Å². The number of hydrogen-bond donors (Lipinski definition) is 1. The maximum Gasteiger partial charge on any atom is 0.154 e. The van der Waals surface area contributed by atoms with Gasteiger partial charge in [0.05, 0.1) is 6.04 Å². The fourth-order valence-electron chi connectivity index (χ4n) is 1.70. The van der Waals surface area contributed by atoms with Gasteiger partial charge in [0.2, 0.25) is 0 Å². The number of carbonyl (C=O) groups is 1. The highest BCUT2D eigenvalue weighted by atomic mass is 35.5. The van der Waals surface area contributed by atoms with E-state index in [9.17, 15) is 4.79 Å². The molecule has 1 aromatic rings. The Labute approximate surface area is 105 Å². The van der Waals surface area contributed by atoms with Crippen molar-refractivity contribution in [2.45, 2.75) is 12.5 Å². The minimum atomic E-state index is 0.0226. The van der Waals surface area contributed by atoms with Crippen molar-refractivity contribution in [3.63, 3.8) is 0 Å². The molecule has 4 heteroatoms. The molecule has 1 heterocycles. The second-order valence-electron chi connectivity index (χ2n) is 3.85. The highest BCUT2D eigenvalue weighted by Gasteiger charge is 2.20. The highest BCUT2D eigenvalue weighted by Crippen LogP contribution is 2.13. The Morgan fingerprint density at radius 2 is 2.19 bits per heavy atom. The van der Waals surface area contributed by atoms with Crippen LogP contribution in [-0.4, -0.2) is 29.9 Å². The first-order valence-electron chi connectivity index (χ1n) is 5.34. The lowest BCUT2D eigenvalue weighted by atomic mass is 10.0. The Balaban J connectivity index is 1.93. The van der Waals surface area contributed by atoms with Crippen LogP contribution in [0.15, 0.2) is 24.3 Å². The lowest BCUT2D eigenvalue weighted by Crippen LogP contribution is -2.44. The average molecular weight is 256 g/mol. The quantitative estimate of drug-likeness (QED) is 0.898. The molecule has 1 N–H and O–H groups in total. The Morgan fingerprint density at radius 3 is 2.81 bits per heavy atom. The molecule has 0 amide bonds. The first-order valence-corrected chi connectivity index (χ1v) is 6.87. The van der Waals surface area contributed by atoms with Gasteiger partial charge in [-0.25, -0.2) is 0 Å². The summed E-state index contributed by atoms with van der Waals surface area (Å²) in [5.74, 6) is 2.27. The second kappa shape index (κ2) is 5.71. The van der Waals surface area contributed by atoms with Gasteiger partial charge in [0, 0.05) is 29.5 Å². The smallest absolute Gasteiger partial charge is 0.154 e. The Morgan fingerprint density at radius 1 is 1.44 bits per heavy atom. The van der Waals surface area contributed by atoms with Gasteiger partial charge in [-0.15, -0.1) is 0 Å². The highest BCUT2D eigenvalue weighted by molar-refractivity contribution is 7.99. The maximum absolute atomic E-state index is 11.9. The van der Waals surface area contributed by atoms with Crippen molar-refractivity contribution in [3.05, 3.63) is 34.9 Å². The molecule has 1 fully saturated rings. The van der Waals surface area contributed by atoms with Crippen molar-refractivity contribution in [2.24, 2.45) is 0 Å². The molecule has 1 atom stereocenters. The van der Waals surface area contributed by atoms with E-state index in [-0.39, 0.29) is 11.8 Å². The molecule has 0 aliphatic carbocycles. The van der Waals surface area contributed by atoms with Crippen LogP contribution in [0, 0.1) is 0 Å². The zero-order chi connectivity index (χ0) is 11.4. The van der Waals surface area contributed by atoms with Gasteiger partial charge < -0.3 is 5.32 Å². The van der Waals surface area contributed by atoms with E-state index in [1.54, 1.807) is 0 Å². The molecule has 1 aromatic carbocycles. The standard InChI is InChI=1S/C12H14ClNOS/c13-10-3-1-9(2-4-10)7-12(15)11-8-16-6-5-14-11/h1-4,11,14H,5-8H2.